The summed E-state index contributed by atoms with van der Waals surface area (Å²) in [7, 11) is 0. The normalized spacial score (nSPS) is 10.3. The van der Waals surface area contributed by atoms with E-state index in [0.29, 0.717) is 18.2 Å². The van der Waals surface area contributed by atoms with E-state index >= 15 is 0 Å². The lowest BCUT2D eigenvalue weighted by molar-refractivity contribution is 0.454. The van der Waals surface area contributed by atoms with Crippen molar-refractivity contribution in [1.29, 1.82) is 0 Å². The van der Waals surface area contributed by atoms with Gasteiger partial charge in [0.15, 0.2) is 0 Å². The predicted octanol–water partition coefficient (Wildman–Crippen LogP) is 2.78. The van der Waals surface area contributed by atoms with Crippen LogP contribution < -0.4 is 10.5 Å². The maximum Gasteiger partial charge on any atom is 0.222 e. The zero-order valence-corrected chi connectivity index (χ0v) is 9.48. The Labute approximate surface area is 99.1 Å². The topological polar surface area (TPSA) is 48.1 Å². The van der Waals surface area contributed by atoms with Gasteiger partial charge in [0, 0.05) is 24.4 Å². The molecule has 2 N–H and O–H groups in total. The van der Waals surface area contributed by atoms with E-state index in [2.05, 4.69) is 4.98 Å². The van der Waals surface area contributed by atoms with Crippen molar-refractivity contribution in [3.63, 3.8) is 0 Å². The molecule has 0 atom stereocenters. The monoisotopic (exact) mass is 232 g/mol. The van der Waals surface area contributed by atoms with Gasteiger partial charge in [0.2, 0.25) is 5.88 Å². The molecule has 0 saturated carbocycles. The van der Waals surface area contributed by atoms with Gasteiger partial charge in [-0.1, -0.05) is 6.07 Å². The molecule has 4 heteroatoms. The van der Waals surface area contributed by atoms with Crippen molar-refractivity contribution in [3.05, 3.63) is 53.5 Å². The maximum absolute atomic E-state index is 13.0. The molecule has 0 unspecified atom stereocenters. The van der Waals surface area contributed by atoms with Crippen LogP contribution in [0.15, 0.2) is 36.5 Å². The highest BCUT2D eigenvalue weighted by atomic mass is 19.1. The van der Waals surface area contributed by atoms with E-state index in [0.717, 1.165) is 11.1 Å². The number of benzene rings is 1. The Kier molecular flexibility index (Phi) is 3.35. The minimum Gasteiger partial charge on any atom is -0.439 e. The van der Waals surface area contributed by atoms with Crippen LogP contribution in [0, 0.1) is 12.7 Å². The summed E-state index contributed by atoms with van der Waals surface area (Å²) in [6, 6.07) is 7.86. The molecule has 0 aliphatic carbocycles. The maximum atomic E-state index is 13.0. The quantitative estimate of drug-likeness (QED) is 0.885. The van der Waals surface area contributed by atoms with Gasteiger partial charge in [-0.25, -0.2) is 9.37 Å². The number of hydrogen-bond donors (Lipinski definition) is 1. The molecule has 0 aliphatic heterocycles. The van der Waals surface area contributed by atoms with Crippen LogP contribution in [0.4, 0.5) is 4.39 Å². The van der Waals surface area contributed by atoms with Crippen molar-refractivity contribution in [2.45, 2.75) is 13.5 Å². The number of ether oxygens (including phenoxy) is 1. The standard InChI is InChI=1S/C13H13FN2O/c1-9-5-10(7-15)8-16-13(9)17-12-4-2-3-11(14)6-12/h2-6,8H,7,15H2,1H3. The molecule has 1 heterocycles. The number of hydrogen-bond acceptors (Lipinski definition) is 3. The first-order valence-electron chi connectivity index (χ1n) is 5.28. The minimum atomic E-state index is -0.335. The Morgan fingerprint density at radius 3 is 2.82 bits per heavy atom. The number of halogens is 1. The first-order valence-corrected chi connectivity index (χ1v) is 5.28. The van der Waals surface area contributed by atoms with Crippen molar-refractivity contribution in [2.24, 2.45) is 5.73 Å². The number of rotatable bonds is 3. The van der Waals surface area contributed by atoms with Crippen molar-refractivity contribution < 1.29 is 9.13 Å². The van der Waals surface area contributed by atoms with Crippen LogP contribution in [-0.2, 0) is 6.54 Å². The lowest BCUT2D eigenvalue weighted by atomic mass is 10.2. The average Bonchev–Trinajstić information content (AvgIpc) is 2.32. The summed E-state index contributed by atoms with van der Waals surface area (Å²) in [6.45, 7) is 2.31. The smallest absolute Gasteiger partial charge is 0.222 e. The molecule has 0 bridgehead atoms. The van der Waals surface area contributed by atoms with Crippen molar-refractivity contribution in [1.82, 2.24) is 4.98 Å². The average molecular weight is 232 g/mol. The van der Waals surface area contributed by atoms with Gasteiger partial charge in [-0.2, -0.15) is 0 Å². The molecule has 1 aromatic heterocycles. The summed E-state index contributed by atoms with van der Waals surface area (Å²) in [5.74, 6) is 0.563. The second kappa shape index (κ2) is 4.93. The Hall–Kier alpha value is -1.94. The second-order valence-corrected chi connectivity index (χ2v) is 3.73. The number of pyridine rings is 1. The summed E-state index contributed by atoms with van der Waals surface area (Å²) >= 11 is 0. The SMILES string of the molecule is Cc1cc(CN)cnc1Oc1cccc(F)c1. The Morgan fingerprint density at radius 2 is 2.18 bits per heavy atom. The molecule has 0 amide bonds. The third-order valence-electron chi connectivity index (χ3n) is 2.33. The molecule has 0 saturated heterocycles. The van der Waals surface area contributed by atoms with Gasteiger partial charge in [0.1, 0.15) is 11.6 Å². The first-order chi connectivity index (χ1) is 8.19. The van der Waals surface area contributed by atoms with Gasteiger partial charge in [-0.15, -0.1) is 0 Å². The molecule has 0 aliphatic rings. The molecular weight excluding hydrogens is 219 g/mol. The minimum absolute atomic E-state index is 0.335. The van der Waals surface area contributed by atoms with E-state index in [9.17, 15) is 4.39 Å². The molecule has 1 aromatic carbocycles. The molecule has 17 heavy (non-hydrogen) atoms. The van der Waals surface area contributed by atoms with Crippen molar-refractivity contribution in [2.75, 3.05) is 0 Å². The van der Waals surface area contributed by atoms with Gasteiger partial charge in [-0.3, -0.25) is 0 Å². The summed E-state index contributed by atoms with van der Waals surface area (Å²) in [5, 5.41) is 0. The Bertz CT molecular complexity index is 529. The zero-order chi connectivity index (χ0) is 12.3. The van der Waals surface area contributed by atoms with Crippen molar-refractivity contribution in [3.8, 4) is 11.6 Å². The molecule has 0 radical (unpaired) electrons. The van der Waals surface area contributed by atoms with Gasteiger partial charge < -0.3 is 10.5 Å². The molecule has 2 aromatic rings. The Balaban J connectivity index is 2.24. The second-order valence-electron chi connectivity index (χ2n) is 3.73. The largest absolute Gasteiger partial charge is 0.439 e. The lowest BCUT2D eigenvalue weighted by Gasteiger charge is -2.08. The highest BCUT2D eigenvalue weighted by molar-refractivity contribution is 5.33. The van der Waals surface area contributed by atoms with E-state index in [-0.39, 0.29) is 5.82 Å². The number of nitrogens with zero attached hydrogens (tertiary/aromatic N) is 1. The summed E-state index contributed by atoms with van der Waals surface area (Å²) in [4.78, 5) is 4.15. The van der Waals surface area contributed by atoms with Gasteiger partial charge >= 0.3 is 0 Å². The molecular formula is C13H13FN2O. The van der Waals surface area contributed by atoms with Crippen LogP contribution in [0.2, 0.25) is 0 Å². The summed E-state index contributed by atoms with van der Waals surface area (Å²) in [6.07, 6.45) is 1.65. The van der Waals surface area contributed by atoms with E-state index in [1.807, 2.05) is 13.0 Å². The molecule has 88 valence electrons. The van der Waals surface area contributed by atoms with Crippen LogP contribution >= 0.6 is 0 Å². The summed E-state index contributed by atoms with van der Waals surface area (Å²) < 4.78 is 18.5. The van der Waals surface area contributed by atoms with E-state index in [1.165, 1.54) is 12.1 Å². The molecule has 3 nitrogen and oxygen atoms in total. The predicted molar refractivity (Wildman–Crippen MR) is 63.3 cm³/mol. The van der Waals surface area contributed by atoms with Crippen LogP contribution in [0.3, 0.4) is 0 Å². The highest BCUT2D eigenvalue weighted by Gasteiger charge is 2.04. The lowest BCUT2D eigenvalue weighted by Crippen LogP contribution is -1.99. The van der Waals surface area contributed by atoms with E-state index < -0.39 is 0 Å². The van der Waals surface area contributed by atoms with Crippen LogP contribution in [0.5, 0.6) is 11.6 Å². The molecule has 0 spiro atoms. The number of aryl methyl sites for hydroxylation is 1. The van der Waals surface area contributed by atoms with Crippen LogP contribution in [-0.4, -0.2) is 4.98 Å². The highest BCUT2D eigenvalue weighted by Crippen LogP contribution is 2.23. The fraction of sp³-hybridized carbons (Fsp3) is 0.154. The number of aromatic nitrogens is 1. The van der Waals surface area contributed by atoms with Crippen molar-refractivity contribution >= 4 is 0 Å². The van der Waals surface area contributed by atoms with Crippen LogP contribution in [0.1, 0.15) is 11.1 Å². The van der Waals surface area contributed by atoms with Gasteiger partial charge in [0.05, 0.1) is 0 Å². The summed E-state index contributed by atoms with van der Waals surface area (Å²) in [5.41, 5.74) is 7.32. The van der Waals surface area contributed by atoms with E-state index in [4.69, 9.17) is 10.5 Å². The fourth-order valence-corrected chi connectivity index (χ4v) is 1.48. The third kappa shape index (κ3) is 2.79. The first kappa shape index (κ1) is 11.5. The fourth-order valence-electron chi connectivity index (χ4n) is 1.48. The van der Waals surface area contributed by atoms with Crippen LogP contribution in [0.25, 0.3) is 0 Å². The molecule has 2 rings (SSSR count). The number of nitrogens with two attached hydrogens (primary N) is 1. The molecule has 0 fully saturated rings. The third-order valence-corrected chi connectivity index (χ3v) is 2.33. The zero-order valence-electron chi connectivity index (χ0n) is 9.48. The van der Waals surface area contributed by atoms with E-state index in [1.54, 1.807) is 18.3 Å². The van der Waals surface area contributed by atoms with Gasteiger partial charge in [0.25, 0.3) is 0 Å². The Morgan fingerprint density at radius 1 is 1.35 bits per heavy atom. The van der Waals surface area contributed by atoms with Gasteiger partial charge in [-0.05, 0) is 30.7 Å².